The Labute approximate surface area is 122 Å². The van der Waals surface area contributed by atoms with E-state index in [9.17, 15) is 29.9 Å². The van der Waals surface area contributed by atoms with Crippen molar-refractivity contribution in [3.05, 3.63) is 56.6 Å². The monoisotopic (exact) mass is 300 g/mol. The summed E-state index contributed by atoms with van der Waals surface area (Å²) < 4.78 is 0. The number of phenolic OH excluding ortho intramolecular Hbond substituents is 2. The Balaban J connectivity index is 2.47. The van der Waals surface area contributed by atoms with E-state index in [4.69, 9.17) is 5.73 Å². The zero-order valence-corrected chi connectivity index (χ0v) is 10.9. The molecule has 0 heterocycles. The Kier molecular flexibility index (Phi) is 2.64. The van der Waals surface area contributed by atoms with Gasteiger partial charge < -0.3 is 15.9 Å². The number of carbonyl (C=O) groups is 2. The van der Waals surface area contributed by atoms with Gasteiger partial charge in [0.25, 0.3) is 5.69 Å². The van der Waals surface area contributed by atoms with Crippen molar-refractivity contribution in [1.29, 1.82) is 0 Å². The molecule has 0 unspecified atom stereocenters. The van der Waals surface area contributed by atoms with Crippen LogP contribution in [0.2, 0.25) is 0 Å². The molecule has 0 aliphatic heterocycles. The molecule has 0 saturated heterocycles. The molecule has 0 bridgehead atoms. The van der Waals surface area contributed by atoms with Gasteiger partial charge in [-0.3, -0.25) is 19.7 Å². The number of fused-ring (bicyclic) bond motifs is 2. The van der Waals surface area contributed by atoms with Crippen LogP contribution >= 0.6 is 0 Å². The second kappa shape index (κ2) is 4.29. The molecule has 2 aromatic rings. The van der Waals surface area contributed by atoms with E-state index < -0.39 is 50.4 Å². The van der Waals surface area contributed by atoms with Crippen molar-refractivity contribution in [3.8, 4) is 11.5 Å². The molecule has 3 rings (SSSR count). The van der Waals surface area contributed by atoms with Crippen molar-refractivity contribution < 1.29 is 24.7 Å². The number of nitrogens with two attached hydrogens (primary N) is 1. The normalized spacial score (nSPS) is 12.7. The lowest BCUT2D eigenvalue weighted by Crippen LogP contribution is -2.24. The SMILES string of the molecule is Nc1ccc([N+](=O)[O-])c2c1C(=O)c1c(O)ccc(O)c1C2=O. The minimum Gasteiger partial charge on any atom is -0.507 e. The first-order valence-electron chi connectivity index (χ1n) is 6.05. The third kappa shape index (κ3) is 1.57. The smallest absolute Gasteiger partial charge is 0.281 e. The van der Waals surface area contributed by atoms with E-state index in [0.29, 0.717) is 0 Å². The van der Waals surface area contributed by atoms with Crippen LogP contribution in [0.4, 0.5) is 11.4 Å². The number of hydrogen-bond acceptors (Lipinski definition) is 7. The summed E-state index contributed by atoms with van der Waals surface area (Å²) >= 11 is 0. The van der Waals surface area contributed by atoms with E-state index in [1.165, 1.54) is 0 Å². The lowest BCUT2D eigenvalue weighted by Gasteiger charge is -2.20. The average molecular weight is 300 g/mol. The second-order valence-corrected chi connectivity index (χ2v) is 4.69. The summed E-state index contributed by atoms with van der Waals surface area (Å²) in [6.45, 7) is 0. The van der Waals surface area contributed by atoms with Gasteiger partial charge in [0.05, 0.1) is 21.6 Å². The Bertz CT molecular complexity index is 887. The number of nitro groups is 1. The maximum Gasteiger partial charge on any atom is 0.281 e. The van der Waals surface area contributed by atoms with Crippen LogP contribution < -0.4 is 5.73 Å². The van der Waals surface area contributed by atoms with Gasteiger partial charge in [-0.05, 0) is 18.2 Å². The summed E-state index contributed by atoms with van der Waals surface area (Å²) in [7, 11) is 0. The van der Waals surface area contributed by atoms with E-state index in [1.54, 1.807) is 0 Å². The Hall–Kier alpha value is -3.42. The summed E-state index contributed by atoms with van der Waals surface area (Å²) in [5.41, 5.74) is 3.26. The lowest BCUT2D eigenvalue weighted by atomic mass is 9.81. The fourth-order valence-corrected chi connectivity index (χ4v) is 2.52. The second-order valence-electron chi connectivity index (χ2n) is 4.69. The van der Waals surface area contributed by atoms with Crippen LogP contribution in [-0.2, 0) is 0 Å². The van der Waals surface area contributed by atoms with Crippen LogP contribution in [0.15, 0.2) is 24.3 Å². The summed E-state index contributed by atoms with van der Waals surface area (Å²) in [5, 5.41) is 30.7. The quantitative estimate of drug-likeness (QED) is 0.266. The molecule has 8 heteroatoms. The highest BCUT2D eigenvalue weighted by Gasteiger charge is 2.40. The molecule has 2 aromatic carbocycles. The molecule has 1 aliphatic carbocycles. The topological polar surface area (TPSA) is 144 Å². The molecule has 22 heavy (non-hydrogen) atoms. The van der Waals surface area contributed by atoms with Gasteiger partial charge in [0.2, 0.25) is 11.6 Å². The number of nitro benzene ring substituents is 1. The molecular weight excluding hydrogens is 292 g/mol. The lowest BCUT2D eigenvalue weighted by molar-refractivity contribution is -0.385. The van der Waals surface area contributed by atoms with Gasteiger partial charge in [0.15, 0.2) is 0 Å². The molecule has 0 spiro atoms. The largest absolute Gasteiger partial charge is 0.507 e. The van der Waals surface area contributed by atoms with Crippen LogP contribution in [0.3, 0.4) is 0 Å². The number of hydrogen-bond donors (Lipinski definition) is 3. The Morgan fingerprint density at radius 3 is 1.86 bits per heavy atom. The van der Waals surface area contributed by atoms with E-state index >= 15 is 0 Å². The molecule has 1 aliphatic rings. The van der Waals surface area contributed by atoms with E-state index in [1.807, 2.05) is 0 Å². The zero-order valence-electron chi connectivity index (χ0n) is 10.9. The van der Waals surface area contributed by atoms with Gasteiger partial charge in [-0.2, -0.15) is 0 Å². The number of benzene rings is 2. The first-order chi connectivity index (χ1) is 10.3. The molecule has 4 N–H and O–H groups in total. The van der Waals surface area contributed by atoms with E-state index in [-0.39, 0.29) is 11.3 Å². The molecular formula is C14H8N2O6. The van der Waals surface area contributed by atoms with Gasteiger partial charge in [-0.25, -0.2) is 0 Å². The summed E-state index contributed by atoms with van der Waals surface area (Å²) in [4.78, 5) is 35.3. The highest BCUT2D eigenvalue weighted by atomic mass is 16.6. The molecule has 0 atom stereocenters. The predicted molar refractivity (Wildman–Crippen MR) is 74.1 cm³/mol. The van der Waals surface area contributed by atoms with Crippen LogP contribution in [0.5, 0.6) is 11.5 Å². The predicted octanol–water partition coefficient (Wildman–Crippen LogP) is 1.36. The number of nitrogens with zero attached hydrogens (tertiary/aromatic N) is 1. The molecule has 0 aromatic heterocycles. The highest BCUT2D eigenvalue weighted by molar-refractivity contribution is 6.33. The van der Waals surface area contributed by atoms with Crippen LogP contribution in [0.1, 0.15) is 31.8 Å². The van der Waals surface area contributed by atoms with E-state index in [2.05, 4.69) is 0 Å². The molecule has 0 saturated carbocycles. The zero-order chi connectivity index (χ0) is 16.2. The minimum absolute atomic E-state index is 0.118. The summed E-state index contributed by atoms with van der Waals surface area (Å²) in [5.74, 6) is -2.84. The van der Waals surface area contributed by atoms with E-state index in [0.717, 1.165) is 24.3 Å². The molecule has 110 valence electrons. The van der Waals surface area contributed by atoms with Crippen LogP contribution in [-0.4, -0.2) is 26.7 Å². The number of ketones is 2. The number of carbonyl (C=O) groups excluding carboxylic acids is 2. The maximum absolute atomic E-state index is 12.5. The van der Waals surface area contributed by atoms with Crippen LogP contribution in [0, 0.1) is 10.1 Å². The number of rotatable bonds is 1. The summed E-state index contributed by atoms with van der Waals surface area (Å²) in [6.07, 6.45) is 0. The molecule has 0 radical (unpaired) electrons. The van der Waals surface area contributed by atoms with Crippen molar-refractivity contribution in [1.82, 2.24) is 0 Å². The number of anilines is 1. The molecule has 0 amide bonds. The molecule has 8 nitrogen and oxygen atoms in total. The van der Waals surface area contributed by atoms with Crippen molar-refractivity contribution in [2.24, 2.45) is 0 Å². The van der Waals surface area contributed by atoms with Crippen molar-refractivity contribution in [2.75, 3.05) is 5.73 Å². The van der Waals surface area contributed by atoms with Crippen LogP contribution in [0.25, 0.3) is 0 Å². The van der Waals surface area contributed by atoms with Gasteiger partial charge in [-0.1, -0.05) is 0 Å². The number of nitrogen functional groups attached to an aromatic ring is 1. The van der Waals surface area contributed by atoms with Crippen molar-refractivity contribution in [3.63, 3.8) is 0 Å². The maximum atomic E-state index is 12.5. The third-order valence-corrected chi connectivity index (χ3v) is 3.48. The number of aromatic hydroxyl groups is 2. The average Bonchev–Trinajstić information content (AvgIpc) is 2.46. The fraction of sp³-hybridized carbons (Fsp3) is 0. The molecule has 0 fully saturated rings. The first-order valence-corrected chi connectivity index (χ1v) is 6.05. The summed E-state index contributed by atoms with van der Waals surface area (Å²) in [6, 6.07) is 4.25. The number of phenols is 2. The van der Waals surface area contributed by atoms with Gasteiger partial charge >= 0.3 is 0 Å². The third-order valence-electron chi connectivity index (χ3n) is 3.48. The van der Waals surface area contributed by atoms with Gasteiger partial charge in [0, 0.05) is 11.8 Å². The van der Waals surface area contributed by atoms with Gasteiger partial charge in [0.1, 0.15) is 17.1 Å². The van der Waals surface area contributed by atoms with Crippen molar-refractivity contribution in [2.45, 2.75) is 0 Å². The fourth-order valence-electron chi connectivity index (χ4n) is 2.52. The Morgan fingerprint density at radius 2 is 1.36 bits per heavy atom. The highest BCUT2D eigenvalue weighted by Crippen LogP contribution is 2.41. The standard InChI is InChI=1S/C14H8N2O6/c15-5-1-2-6(16(21)22)10-9(5)13(19)11-7(17)3-4-8(18)12(11)14(10)20/h1-4,17-18H,15H2. The Morgan fingerprint density at radius 1 is 0.864 bits per heavy atom. The first kappa shape index (κ1) is 13.6. The van der Waals surface area contributed by atoms with Crippen molar-refractivity contribution >= 4 is 22.9 Å². The minimum atomic E-state index is -0.933. The van der Waals surface area contributed by atoms with Gasteiger partial charge in [-0.15, -0.1) is 0 Å².